The molecule has 1 atom stereocenters. The predicted octanol–water partition coefficient (Wildman–Crippen LogP) is 4.84. The molecular weight excluding hydrogens is 390 g/mol. The fraction of sp³-hybridized carbons (Fsp3) is 0.111. The van der Waals surface area contributed by atoms with Gasteiger partial charge >= 0.3 is 0 Å². The lowest BCUT2D eigenvalue weighted by Gasteiger charge is -2.14. The number of rotatable bonds is 4. The zero-order chi connectivity index (χ0) is 19.6. The molecule has 27 heavy (non-hydrogen) atoms. The number of nitrogens with zero attached hydrogens (tertiary/aromatic N) is 4. The topological polar surface area (TPSA) is 104 Å². The summed E-state index contributed by atoms with van der Waals surface area (Å²) in [7, 11) is 0. The highest BCUT2D eigenvalue weighted by Gasteiger charge is 2.24. The Morgan fingerprint density at radius 3 is 2.89 bits per heavy atom. The number of nitrogen functional groups attached to an aromatic ring is 1. The molecule has 0 bridgehead atoms. The van der Waals surface area contributed by atoms with E-state index in [1.807, 2.05) is 6.07 Å². The van der Waals surface area contributed by atoms with Gasteiger partial charge in [-0.2, -0.15) is 10.4 Å². The normalized spacial score (nSPS) is 13.2. The molecule has 0 radical (unpaired) electrons. The molecule has 3 rings (SSSR count). The highest BCUT2D eigenvalue weighted by Crippen LogP contribution is 2.37. The van der Waals surface area contributed by atoms with Crippen molar-refractivity contribution in [3.8, 4) is 17.3 Å². The summed E-state index contributed by atoms with van der Waals surface area (Å²) in [4.78, 5) is 8.24. The van der Waals surface area contributed by atoms with Gasteiger partial charge in [-0.15, -0.1) is 0 Å². The van der Waals surface area contributed by atoms with E-state index in [-0.39, 0.29) is 27.9 Å². The molecule has 0 saturated carbocycles. The Hall–Kier alpha value is -2.95. The van der Waals surface area contributed by atoms with Gasteiger partial charge in [0.15, 0.2) is 17.7 Å². The number of halogens is 3. The number of H-pyrrole nitrogens is 1. The van der Waals surface area contributed by atoms with Crippen molar-refractivity contribution >= 4 is 39.9 Å². The summed E-state index contributed by atoms with van der Waals surface area (Å²) >= 11 is 12.3. The zero-order valence-electron chi connectivity index (χ0n) is 14.0. The molecule has 0 aliphatic heterocycles. The molecule has 2 aromatic heterocycles. The van der Waals surface area contributed by atoms with Gasteiger partial charge in [0.25, 0.3) is 0 Å². The van der Waals surface area contributed by atoms with E-state index >= 15 is 4.39 Å². The maximum atomic E-state index is 15.0. The minimum Gasteiger partial charge on any atom is -0.381 e. The second kappa shape index (κ2) is 7.74. The molecule has 0 amide bonds. The van der Waals surface area contributed by atoms with Crippen LogP contribution in [-0.4, -0.2) is 20.2 Å². The average Bonchev–Trinajstić information content (AvgIpc) is 3.14. The Morgan fingerprint density at radius 1 is 1.41 bits per heavy atom. The summed E-state index contributed by atoms with van der Waals surface area (Å²) in [5.41, 5.74) is 6.75. The van der Waals surface area contributed by atoms with Crippen molar-refractivity contribution in [1.29, 1.82) is 5.26 Å². The molecule has 3 aromatic rings. The Bertz CT molecular complexity index is 1110. The maximum absolute atomic E-state index is 15.0. The number of nitrogens with two attached hydrogens (primary N) is 1. The van der Waals surface area contributed by atoms with Crippen molar-refractivity contribution in [2.24, 2.45) is 0 Å². The average molecular weight is 403 g/mol. The molecule has 0 spiro atoms. The van der Waals surface area contributed by atoms with E-state index in [1.54, 1.807) is 37.4 Å². The van der Waals surface area contributed by atoms with E-state index < -0.39 is 6.17 Å². The van der Waals surface area contributed by atoms with Crippen molar-refractivity contribution in [3.63, 3.8) is 0 Å². The molecule has 0 aliphatic rings. The monoisotopic (exact) mass is 402 g/mol. The first-order valence-electron chi connectivity index (χ1n) is 7.79. The van der Waals surface area contributed by atoms with E-state index in [0.717, 1.165) is 0 Å². The first kappa shape index (κ1) is 18.8. The van der Waals surface area contributed by atoms with Crippen LogP contribution in [0.2, 0.25) is 5.02 Å². The number of hydrogen-bond acceptors (Lipinski definition) is 5. The predicted molar refractivity (Wildman–Crippen MR) is 104 cm³/mol. The Labute approximate surface area is 164 Å². The van der Waals surface area contributed by atoms with Crippen molar-refractivity contribution in [3.05, 3.63) is 58.0 Å². The molecule has 0 aliphatic carbocycles. The summed E-state index contributed by atoms with van der Waals surface area (Å²) in [5.74, 6) is -0.176. The number of allylic oxidation sites excluding steroid dienone is 4. The van der Waals surface area contributed by atoms with Gasteiger partial charge in [0.05, 0.1) is 27.5 Å². The number of anilines is 1. The van der Waals surface area contributed by atoms with Crippen LogP contribution in [0.1, 0.15) is 24.5 Å². The Morgan fingerprint density at radius 2 is 2.19 bits per heavy atom. The van der Waals surface area contributed by atoms with Gasteiger partial charge in [0, 0.05) is 10.9 Å². The molecule has 9 heteroatoms. The van der Waals surface area contributed by atoms with Crippen LogP contribution >= 0.6 is 23.2 Å². The molecule has 3 N–H and O–H groups in total. The number of aromatic nitrogens is 4. The van der Waals surface area contributed by atoms with Crippen LogP contribution in [0.4, 0.5) is 10.2 Å². The minimum absolute atomic E-state index is 0.0942. The molecule has 2 heterocycles. The van der Waals surface area contributed by atoms with E-state index in [1.165, 1.54) is 6.08 Å². The van der Waals surface area contributed by atoms with Crippen molar-refractivity contribution in [1.82, 2.24) is 20.2 Å². The lowest BCUT2D eigenvalue weighted by Crippen LogP contribution is -2.08. The highest BCUT2D eigenvalue weighted by atomic mass is 35.5. The molecule has 1 unspecified atom stereocenters. The fourth-order valence-electron chi connectivity index (χ4n) is 2.49. The van der Waals surface area contributed by atoms with Crippen LogP contribution in [0.25, 0.3) is 22.2 Å². The summed E-state index contributed by atoms with van der Waals surface area (Å²) in [6, 6.07) is 5.15. The second-order valence-electron chi connectivity index (χ2n) is 5.54. The largest absolute Gasteiger partial charge is 0.381 e. The maximum Gasteiger partial charge on any atom is 0.183 e. The summed E-state index contributed by atoms with van der Waals surface area (Å²) in [6.07, 6.45) is 4.52. The molecule has 6 nitrogen and oxygen atoms in total. The van der Waals surface area contributed by atoms with Crippen LogP contribution < -0.4 is 5.73 Å². The van der Waals surface area contributed by atoms with Gasteiger partial charge < -0.3 is 5.73 Å². The number of benzene rings is 1. The lowest BCUT2D eigenvalue weighted by atomic mass is 10.0. The molecular formula is C18H13Cl2FN6. The Balaban J connectivity index is 2.25. The summed E-state index contributed by atoms with van der Waals surface area (Å²) < 4.78 is 15.0. The fourth-order valence-corrected chi connectivity index (χ4v) is 2.93. The van der Waals surface area contributed by atoms with Crippen LogP contribution in [0.5, 0.6) is 0 Å². The molecule has 1 aromatic carbocycles. The van der Waals surface area contributed by atoms with Crippen molar-refractivity contribution < 1.29 is 4.39 Å². The van der Waals surface area contributed by atoms with Crippen molar-refractivity contribution in [2.75, 3.05) is 5.73 Å². The van der Waals surface area contributed by atoms with Gasteiger partial charge in [-0.3, -0.25) is 5.10 Å². The van der Waals surface area contributed by atoms with Gasteiger partial charge in [0.1, 0.15) is 11.8 Å². The number of alkyl halides is 1. The van der Waals surface area contributed by atoms with Gasteiger partial charge in [-0.1, -0.05) is 35.4 Å². The van der Waals surface area contributed by atoms with Crippen molar-refractivity contribution in [2.45, 2.75) is 13.1 Å². The molecule has 136 valence electrons. The Kier molecular flexibility index (Phi) is 5.40. The standard InChI is InChI=1S/C18H13Cl2FN6/c1-2-3-4-11(19)14(21)17-16(25-13(7-22)18(23)26-17)9-5-10-8-24-27-15(10)12(20)6-9/h2-6,8,14H,1H3,(H2,23,26)(H,24,27)/b3-2-,11-4+. The van der Waals surface area contributed by atoms with E-state index in [4.69, 9.17) is 28.9 Å². The van der Waals surface area contributed by atoms with E-state index in [0.29, 0.717) is 21.5 Å². The SMILES string of the molecule is C/C=C\C=C(\Cl)C(F)c1nc(N)c(C#N)nc1-c1cc(Cl)c2[nH]ncc2c1. The number of aromatic amines is 1. The number of nitriles is 1. The smallest absolute Gasteiger partial charge is 0.183 e. The molecule has 0 fully saturated rings. The third-order valence-electron chi connectivity index (χ3n) is 3.76. The van der Waals surface area contributed by atoms with Crippen LogP contribution in [0.3, 0.4) is 0 Å². The van der Waals surface area contributed by atoms with Gasteiger partial charge in [-0.05, 0) is 25.1 Å². The van der Waals surface area contributed by atoms with Crippen LogP contribution in [-0.2, 0) is 0 Å². The number of nitrogens with one attached hydrogen (secondary N) is 1. The third kappa shape index (κ3) is 3.63. The lowest BCUT2D eigenvalue weighted by molar-refractivity contribution is 0.399. The first-order valence-corrected chi connectivity index (χ1v) is 8.54. The second-order valence-corrected chi connectivity index (χ2v) is 6.38. The number of hydrogen-bond donors (Lipinski definition) is 2. The van der Waals surface area contributed by atoms with E-state index in [2.05, 4.69) is 20.2 Å². The zero-order valence-corrected chi connectivity index (χ0v) is 15.6. The highest BCUT2D eigenvalue weighted by molar-refractivity contribution is 6.35. The first-order chi connectivity index (χ1) is 13.0. The van der Waals surface area contributed by atoms with E-state index in [9.17, 15) is 5.26 Å². The quantitative estimate of drug-likeness (QED) is 0.607. The molecule has 0 saturated heterocycles. The van der Waals surface area contributed by atoms with Crippen LogP contribution in [0, 0.1) is 11.3 Å². The van der Waals surface area contributed by atoms with Crippen LogP contribution in [0.15, 0.2) is 41.6 Å². The summed E-state index contributed by atoms with van der Waals surface area (Å²) in [6.45, 7) is 1.78. The minimum atomic E-state index is -1.78. The van der Waals surface area contributed by atoms with Gasteiger partial charge in [0.2, 0.25) is 0 Å². The van der Waals surface area contributed by atoms with Gasteiger partial charge in [-0.25, -0.2) is 14.4 Å². The summed E-state index contributed by atoms with van der Waals surface area (Å²) in [5, 5.41) is 16.9. The third-order valence-corrected chi connectivity index (χ3v) is 4.38. The number of fused-ring (bicyclic) bond motifs is 1.